The topological polar surface area (TPSA) is 81.7 Å². The van der Waals surface area contributed by atoms with Gasteiger partial charge < -0.3 is 9.99 Å². The first-order valence-electron chi connectivity index (χ1n) is 3.53. The third-order valence-corrected chi connectivity index (χ3v) is 1.85. The van der Waals surface area contributed by atoms with Gasteiger partial charge in [-0.3, -0.25) is 0 Å². The summed E-state index contributed by atoms with van der Waals surface area (Å²) in [6.45, 7) is 0. The number of nitrogen functional groups attached to an aromatic ring is 1. The van der Waals surface area contributed by atoms with Crippen LogP contribution in [-0.2, 0) is 7.05 Å². The zero-order chi connectivity index (χ0) is 9.42. The summed E-state index contributed by atoms with van der Waals surface area (Å²) in [5.41, 5.74) is 3.69. The monoisotopic (exact) mass is 198 g/mol. The lowest BCUT2D eigenvalue weighted by molar-refractivity contribution is 0.944. The molecule has 0 saturated heterocycles. The van der Waals surface area contributed by atoms with Crippen molar-refractivity contribution in [2.45, 2.75) is 0 Å². The SMILES string of the molecule is Cn1cnc2nc(Cl)nc(NN)c21. The molecule has 68 valence electrons. The summed E-state index contributed by atoms with van der Waals surface area (Å²) in [6.07, 6.45) is 1.62. The van der Waals surface area contributed by atoms with E-state index in [-0.39, 0.29) is 5.28 Å². The number of aryl methyl sites for hydroxylation is 1. The Morgan fingerprint density at radius 3 is 3.00 bits per heavy atom. The number of halogens is 1. The first-order chi connectivity index (χ1) is 6.22. The molecule has 0 unspecified atom stereocenters. The van der Waals surface area contributed by atoms with E-state index in [0.717, 1.165) is 5.52 Å². The Morgan fingerprint density at radius 1 is 1.54 bits per heavy atom. The average Bonchev–Trinajstić information content (AvgIpc) is 2.46. The molecule has 0 spiro atoms. The third kappa shape index (κ3) is 1.20. The minimum Gasteiger partial charge on any atom is -0.329 e. The second-order valence-corrected chi connectivity index (χ2v) is 2.85. The third-order valence-electron chi connectivity index (χ3n) is 1.68. The fourth-order valence-electron chi connectivity index (χ4n) is 1.13. The molecule has 6 nitrogen and oxygen atoms in total. The molecule has 0 aromatic carbocycles. The first kappa shape index (κ1) is 8.21. The molecule has 0 bridgehead atoms. The van der Waals surface area contributed by atoms with Crippen molar-refractivity contribution >= 4 is 28.6 Å². The van der Waals surface area contributed by atoms with E-state index in [1.165, 1.54) is 0 Å². The number of fused-ring (bicyclic) bond motifs is 1. The quantitative estimate of drug-likeness (QED) is 0.391. The Balaban J connectivity index is 2.85. The van der Waals surface area contributed by atoms with Crippen LogP contribution in [0.15, 0.2) is 6.33 Å². The summed E-state index contributed by atoms with van der Waals surface area (Å²) < 4.78 is 1.76. The number of nitrogens with one attached hydrogen (secondary N) is 1. The molecule has 0 aliphatic carbocycles. The Bertz CT molecular complexity index is 450. The number of hydrazine groups is 1. The van der Waals surface area contributed by atoms with E-state index in [2.05, 4.69) is 20.4 Å². The highest BCUT2D eigenvalue weighted by molar-refractivity contribution is 6.28. The maximum atomic E-state index is 5.64. The fourth-order valence-corrected chi connectivity index (χ4v) is 1.30. The number of nitrogens with zero attached hydrogens (tertiary/aromatic N) is 4. The summed E-state index contributed by atoms with van der Waals surface area (Å²) in [5, 5.41) is 0.124. The maximum Gasteiger partial charge on any atom is 0.226 e. The highest BCUT2D eigenvalue weighted by atomic mass is 35.5. The van der Waals surface area contributed by atoms with Crippen molar-refractivity contribution in [3.05, 3.63) is 11.6 Å². The van der Waals surface area contributed by atoms with Crippen LogP contribution in [0.4, 0.5) is 5.82 Å². The fraction of sp³-hybridized carbons (Fsp3) is 0.167. The summed E-state index contributed by atoms with van der Waals surface area (Å²) in [5.74, 6) is 5.74. The molecule has 13 heavy (non-hydrogen) atoms. The van der Waals surface area contributed by atoms with E-state index < -0.39 is 0 Å². The smallest absolute Gasteiger partial charge is 0.226 e. The van der Waals surface area contributed by atoms with Gasteiger partial charge in [0.25, 0.3) is 0 Å². The normalized spacial score (nSPS) is 10.7. The molecule has 0 saturated carbocycles. The van der Waals surface area contributed by atoms with Gasteiger partial charge in [-0.25, -0.2) is 10.8 Å². The number of imidazole rings is 1. The van der Waals surface area contributed by atoms with E-state index in [0.29, 0.717) is 11.5 Å². The first-order valence-corrected chi connectivity index (χ1v) is 3.91. The van der Waals surface area contributed by atoms with Crippen LogP contribution < -0.4 is 11.3 Å². The van der Waals surface area contributed by atoms with Gasteiger partial charge in [-0.2, -0.15) is 9.97 Å². The zero-order valence-corrected chi connectivity index (χ0v) is 7.58. The number of hydrogen-bond donors (Lipinski definition) is 2. The standard InChI is InChI=1S/C6H7ClN6/c1-13-2-9-4-3(13)5(12-8)11-6(7)10-4/h2H,8H2,1H3,(H,10,11,12). The van der Waals surface area contributed by atoms with E-state index >= 15 is 0 Å². The summed E-state index contributed by atoms with van der Waals surface area (Å²) in [4.78, 5) is 11.9. The zero-order valence-electron chi connectivity index (χ0n) is 6.82. The van der Waals surface area contributed by atoms with Gasteiger partial charge in [0.2, 0.25) is 5.28 Å². The van der Waals surface area contributed by atoms with Crippen LogP contribution in [0.1, 0.15) is 0 Å². The van der Waals surface area contributed by atoms with E-state index in [4.69, 9.17) is 17.4 Å². The minimum atomic E-state index is 0.124. The van der Waals surface area contributed by atoms with Gasteiger partial charge in [0.05, 0.1) is 6.33 Å². The molecule has 0 amide bonds. The second kappa shape index (κ2) is 2.82. The van der Waals surface area contributed by atoms with Gasteiger partial charge in [-0.15, -0.1) is 0 Å². The van der Waals surface area contributed by atoms with E-state index in [1.54, 1.807) is 10.9 Å². The molecule has 0 radical (unpaired) electrons. The van der Waals surface area contributed by atoms with Crippen molar-refractivity contribution in [1.82, 2.24) is 19.5 Å². The molecule has 0 aliphatic heterocycles. The predicted molar refractivity (Wildman–Crippen MR) is 49.1 cm³/mol. The molecule has 0 fully saturated rings. The number of nitrogens with two attached hydrogens (primary N) is 1. The molecule has 0 aliphatic rings. The van der Waals surface area contributed by atoms with Crippen LogP contribution in [0.2, 0.25) is 5.28 Å². The Kier molecular flexibility index (Phi) is 1.78. The molecule has 2 aromatic rings. The van der Waals surface area contributed by atoms with Crippen molar-refractivity contribution in [2.75, 3.05) is 5.43 Å². The number of aromatic nitrogens is 4. The summed E-state index contributed by atoms with van der Waals surface area (Å²) in [7, 11) is 1.83. The van der Waals surface area contributed by atoms with Gasteiger partial charge in [0, 0.05) is 7.05 Å². The molecular weight excluding hydrogens is 192 g/mol. The van der Waals surface area contributed by atoms with Gasteiger partial charge >= 0.3 is 0 Å². The molecule has 2 aromatic heterocycles. The lowest BCUT2D eigenvalue weighted by atomic mass is 10.5. The van der Waals surface area contributed by atoms with Gasteiger partial charge in [0.15, 0.2) is 11.5 Å². The van der Waals surface area contributed by atoms with Gasteiger partial charge in [-0.05, 0) is 11.6 Å². The Labute approximate surface area is 78.7 Å². The maximum absolute atomic E-state index is 5.64. The molecule has 7 heteroatoms. The van der Waals surface area contributed by atoms with Gasteiger partial charge in [0.1, 0.15) is 5.52 Å². The second-order valence-electron chi connectivity index (χ2n) is 2.51. The Hall–Kier alpha value is -1.40. The number of hydrogen-bond acceptors (Lipinski definition) is 5. The number of rotatable bonds is 1. The summed E-state index contributed by atoms with van der Waals surface area (Å²) >= 11 is 5.64. The van der Waals surface area contributed by atoms with E-state index in [1.807, 2.05) is 7.05 Å². The van der Waals surface area contributed by atoms with Crippen molar-refractivity contribution in [2.24, 2.45) is 12.9 Å². The molecule has 2 rings (SSSR count). The van der Waals surface area contributed by atoms with Crippen LogP contribution >= 0.6 is 11.6 Å². The molecule has 2 heterocycles. The van der Waals surface area contributed by atoms with Crippen LogP contribution in [0, 0.1) is 0 Å². The van der Waals surface area contributed by atoms with Crippen LogP contribution in [-0.4, -0.2) is 19.5 Å². The van der Waals surface area contributed by atoms with Crippen LogP contribution in [0.5, 0.6) is 0 Å². The highest BCUT2D eigenvalue weighted by Crippen LogP contribution is 2.19. The minimum absolute atomic E-state index is 0.124. The summed E-state index contributed by atoms with van der Waals surface area (Å²) in [6, 6.07) is 0. The molecule has 0 atom stereocenters. The van der Waals surface area contributed by atoms with Crippen molar-refractivity contribution in [3.63, 3.8) is 0 Å². The number of anilines is 1. The lowest BCUT2D eigenvalue weighted by Gasteiger charge is -2.01. The molecular formula is C6H7ClN6. The van der Waals surface area contributed by atoms with Crippen molar-refractivity contribution in [1.29, 1.82) is 0 Å². The largest absolute Gasteiger partial charge is 0.329 e. The average molecular weight is 199 g/mol. The highest BCUT2D eigenvalue weighted by Gasteiger charge is 2.09. The van der Waals surface area contributed by atoms with Crippen molar-refractivity contribution in [3.8, 4) is 0 Å². The lowest BCUT2D eigenvalue weighted by Crippen LogP contribution is -2.10. The Morgan fingerprint density at radius 2 is 2.31 bits per heavy atom. The van der Waals surface area contributed by atoms with Crippen LogP contribution in [0.25, 0.3) is 11.2 Å². The van der Waals surface area contributed by atoms with Gasteiger partial charge in [-0.1, -0.05) is 0 Å². The predicted octanol–water partition coefficient (Wildman–Crippen LogP) is 0.302. The van der Waals surface area contributed by atoms with Crippen LogP contribution in [0.3, 0.4) is 0 Å². The van der Waals surface area contributed by atoms with Crippen molar-refractivity contribution < 1.29 is 0 Å². The molecule has 3 N–H and O–H groups in total. The van der Waals surface area contributed by atoms with E-state index in [9.17, 15) is 0 Å².